The fourth-order valence-electron chi connectivity index (χ4n) is 2.16. The van der Waals surface area contributed by atoms with E-state index in [9.17, 15) is 9.59 Å². The highest BCUT2D eigenvalue weighted by Gasteiger charge is 2.18. The first-order valence-corrected chi connectivity index (χ1v) is 7.48. The zero-order valence-corrected chi connectivity index (χ0v) is 12.3. The Morgan fingerprint density at radius 1 is 1.42 bits per heavy atom. The number of nitrogens with zero attached hydrogens (tertiary/aromatic N) is 1. The summed E-state index contributed by atoms with van der Waals surface area (Å²) in [4.78, 5) is 27.6. The van der Waals surface area contributed by atoms with Gasteiger partial charge in [0.05, 0.1) is 10.6 Å². The Kier molecular flexibility index (Phi) is 4.71. The van der Waals surface area contributed by atoms with Gasteiger partial charge in [0.25, 0.3) is 0 Å². The fraction of sp³-hybridized carbons (Fsp3) is 0.571. The number of hydrogen-bond acceptors (Lipinski definition) is 4. The van der Waals surface area contributed by atoms with Crippen molar-refractivity contribution in [2.24, 2.45) is 0 Å². The van der Waals surface area contributed by atoms with Gasteiger partial charge in [-0.2, -0.15) is 0 Å². The van der Waals surface area contributed by atoms with Crippen LogP contribution in [0.5, 0.6) is 0 Å². The van der Waals surface area contributed by atoms with Gasteiger partial charge in [-0.25, -0.2) is 0 Å². The summed E-state index contributed by atoms with van der Waals surface area (Å²) in [5.74, 6) is 0.248. The molecule has 0 spiro atoms. The van der Waals surface area contributed by atoms with E-state index in [0.717, 1.165) is 41.2 Å². The summed E-state index contributed by atoms with van der Waals surface area (Å²) in [7, 11) is 4.01. The molecule has 2 rings (SSSR count). The molecule has 5 heteroatoms. The molecular weight excluding hydrogens is 260 g/mol. The molecule has 0 radical (unpaired) electrons. The zero-order chi connectivity index (χ0) is 13.8. The number of nitrogens with one attached hydrogen (secondary N) is 1. The number of anilines is 1. The van der Waals surface area contributed by atoms with Gasteiger partial charge in [-0.05, 0) is 46.0 Å². The smallest absolute Gasteiger partial charge is 0.224 e. The summed E-state index contributed by atoms with van der Waals surface area (Å²) in [5.41, 5.74) is 0.850. The highest BCUT2D eigenvalue weighted by atomic mass is 32.1. The lowest BCUT2D eigenvalue weighted by molar-refractivity contribution is -0.116. The minimum absolute atomic E-state index is 0.0585. The topological polar surface area (TPSA) is 49.4 Å². The third-order valence-corrected chi connectivity index (χ3v) is 4.41. The first-order valence-electron chi connectivity index (χ1n) is 6.67. The van der Waals surface area contributed by atoms with E-state index >= 15 is 0 Å². The van der Waals surface area contributed by atoms with Crippen molar-refractivity contribution in [1.82, 2.24) is 4.90 Å². The second kappa shape index (κ2) is 6.30. The van der Waals surface area contributed by atoms with E-state index < -0.39 is 0 Å². The molecule has 0 saturated heterocycles. The second-order valence-electron chi connectivity index (χ2n) is 5.18. The van der Waals surface area contributed by atoms with Gasteiger partial charge in [0, 0.05) is 17.7 Å². The maximum atomic E-state index is 12.1. The minimum Gasteiger partial charge on any atom is -0.325 e. The Morgan fingerprint density at radius 2 is 2.21 bits per heavy atom. The normalized spacial score (nSPS) is 15.0. The highest BCUT2D eigenvalue weighted by molar-refractivity contribution is 7.14. The van der Waals surface area contributed by atoms with Crippen molar-refractivity contribution in [3.05, 3.63) is 15.8 Å². The molecule has 0 fully saturated rings. The van der Waals surface area contributed by atoms with Crippen molar-refractivity contribution < 1.29 is 9.59 Å². The number of ketones is 1. The van der Waals surface area contributed by atoms with Crippen molar-refractivity contribution in [2.45, 2.75) is 32.1 Å². The van der Waals surface area contributed by atoms with E-state index in [0.29, 0.717) is 12.8 Å². The van der Waals surface area contributed by atoms with E-state index in [1.807, 2.05) is 20.2 Å². The summed E-state index contributed by atoms with van der Waals surface area (Å²) < 4.78 is 0. The number of carbonyl (C=O) groups excluding carboxylic acids is 2. The predicted molar refractivity (Wildman–Crippen MR) is 78.0 cm³/mol. The van der Waals surface area contributed by atoms with Crippen LogP contribution in [-0.4, -0.2) is 37.2 Å². The second-order valence-corrected chi connectivity index (χ2v) is 6.32. The van der Waals surface area contributed by atoms with Gasteiger partial charge >= 0.3 is 0 Å². The Bertz CT molecular complexity index is 480. The number of hydrogen-bond donors (Lipinski definition) is 1. The molecule has 104 valence electrons. The van der Waals surface area contributed by atoms with Gasteiger partial charge in [0.1, 0.15) is 0 Å². The van der Waals surface area contributed by atoms with Crippen LogP contribution in [0, 0.1) is 0 Å². The Morgan fingerprint density at radius 3 is 2.95 bits per heavy atom. The summed E-state index contributed by atoms with van der Waals surface area (Å²) >= 11 is 1.54. The molecule has 1 aliphatic heterocycles. The maximum absolute atomic E-state index is 12.1. The molecule has 0 atom stereocenters. The lowest BCUT2D eigenvalue weighted by Gasteiger charge is -2.07. The standard InChI is InChI=1S/C14H20N2O2S/c1-16(2)8-4-5-11(17)13-9-10-12(19-13)6-3-7-14(18)15-10/h9H,3-8H2,1-2H3,(H,15,18). The molecular formula is C14H20N2O2S. The molecule has 0 unspecified atom stereocenters. The van der Waals surface area contributed by atoms with Gasteiger partial charge in [-0.3, -0.25) is 9.59 Å². The number of rotatable bonds is 5. The molecule has 0 aromatic carbocycles. The Hall–Kier alpha value is -1.20. The number of aryl methyl sites for hydroxylation is 1. The Balaban J connectivity index is 2.00. The largest absolute Gasteiger partial charge is 0.325 e. The van der Waals surface area contributed by atoms with Crippen LogP contribution in [0.2, 0.25) is 0 Å². The SMILES string of the molecule is CN(C)CCCC(=O)c1cc2c(s1)CCCC(=O)N2. The number of carbonyl (C=O) groups is 2. The molecule has 2 heterocycles. The van der Waals surface area contributed by atoms with E-state index in [-0.39, 0.29) is 11.7 Å². The van der Waals surface area contributed by atoms with Gasteiger partial charge in [0.15, 0.2) is 5.78 Å². The number of thiophene rings is 1. The summed E-state index contributed by atoms with van der Waals surface area (Å²) in [5, 5.41) is 2.88. The van der Waals surface area contributed by atoms with Gasteiger partial charge in [-0.1, -0.05) is 0 Å². The third-order valence-electron chi connectivity index (χ3n) is 3.17. The average Bonchev–Trinajstić information content (AvgIpc) is 2.64. The molecule has 0 bridgehead atoms. The summed E-state index contributed by atoms with van der Waals surface area (Å²) in [6.45, 7) is 0.924. The van der Waals surface area contributed by atoms with E-state index in [2.05, 4.69) is 10.2 Å². The molecule has 1 aromatic rings. The average molecular weight is 280 g/mol. The van der Waals surface area contributed by atoms with Crippen LogP contribution >= 0.6 is 11.3 Å². The molecule has 0 saturated carbocycles. The van der Waals surface area contributed by atoms with Crippen LogP contribution in [0.15, 0.2) is 6.07 Å². The quantitative estimate of drug-likeness (QED) is 0.843. The summed E-state index contributed by atoms with van der Waals surface area (Å²) in [6, 6.07) is 1.85. The van der Waals surface area contributed by atoms with Gasteiger partial charge in [-0.15, -0.1) is 11.3 Å². The number of amides is 1. The van der Waals surface area contributed by atoms with Crippen LogP contribution < -0.4 is 5.32 Å². The monoisotopic (exact) mass is 280 g/mol. The molecule has 0 aliphatic carbocycles. The lowest BCUT2D eigenvalue weighted by Crippen LogP contribution is -2.14. The van der Waals surface area contributed by atoms with Crippen LogP contribution in [-0.2, 0) is 11.2 Å². The fourth-order valence-corrected chi connectivity index (χ4v) is 3.28. The van der Waals surface area contributed by atoms with Gasteiger partial charge < -0.3 is 10.2 Å². The van der Waals surface area contributed by atoms with E-state index in [1.54, 1.807) is 0 Å². The molecule has 4 nitrogen and oxygen atoms in total. The third kappa shape index (κ3) is 3.88. The van der Waals surface area contributed by atoms with Crippen molar-refractivity contribution in [2.75, 3.05) is 26.0 Å². The van der Waals surface area contributed by atoms with E-state index in [4.69, 9.17) is 0 Å². The molecule has 1 amide bonds. The van der Waals surface area contributed by atoms with Crippen molar-refractivity contribution in [3.8, 4) is 0 Å². The molecule has 1 aromatic heterocycles. The first kappa shape index (κ1) is 14.2. The van der Waals surface area contributed by atoms with Crippen LogP contribution in [0.4, 0.5) is 5.69 Å². The molecule has 19 heavy (non-hydrogen) atoms. The number of Topliss-reactive ketones (excluding diaryl/α,β-unsaturated/α-hetero) is 1. The van der Waals surface area contributed by atoms with Gasteiger partial charge in [0.2, 0.25) is 5.91 Å². The van der Waals surface area contributed by atoms with Crippen LogP contribution in [0.1, 0.15) is 40.2 Å². The lowest BCUT2D eigenvalue weighted by atomic mass is 10.2. The van der Waals surface area contributed by atoms with Crippen molar-refractivity contribution in [1.29, 1.82) is 0 Å². The maximum Gasteiger partial charge on any atom is 0.224 e. The molecule has 1 N–H and O–H groups in total. The van der Waals surface area contributed by atoms with Crippen molar-refractivity contribution in [3.63, 3.8) is 0 Å². The Labute approximate surface area is 117 Å². The minimum atomic E-state index is 0.0585. The first-order chi connectivity index (χ1) is 9.06. The van der Waals surface area contributed by atoms with Crippen LogP contribution in [0.3, 0.4) is 0 Å². The number of fused-ring (bicyclic) bond motifs is 1. The highest BCUT2D eigenvalue weighted by Crippen LogP contribution is 2.31. The molecule has 1 aliphatic rings. The van der Waals surface area contributed by atoms with Crippen molar-refractivity contribution >= 4 is 28.7 Å². The predicted octanol–water partition coefficient (Wildman–Crippen LogP) is 2.55. The summed E-state index contributed by atoms with van der Waals surface area (Å²) in [6.07, 6.45) is 3.79. The zero-order valence-electron chi connectivity index (χ0n) is 11.5. The van der Waals surface area contributed by atoms with Crippen LogP contribution in [0.25, 0.3) is 0 Å². The van der Waals surface area contributed by atoms with E-state index in [1.165, 1.54) is 11.3 Å².